The van der Waals surface area contributed by atoms with Crippen LogP contribution in [0, 0.1) is 17.8 Å². The molecule has 3 amide bonds. The van der Waals surface area contributed by atoms with Crippen LogP contribution in [0.5, 0.6) is 0 Å². The Bertz CT molecular complexity index is 780. The number of ether oxygens (including phenoxy) is 1. The lowest BCUT2D eigenvalue weighted by molar-refractivity contribution is -0.148. The van der Waals surface area contributed by atoms with E-state index in [0.29, 0.717) is 12.8 Å². The van der Waals surface area contributed by atoms with E-state index in [1.807, 2.05) is 19.9 Å². The van der Waals surface area contributed by atoms with Crippen molar-refractivity contribution in [1.82, 2.24) is 15.5 Å². The third-order valence-corrected chi connectivity index (χ3v) is 7.33. The first-order chi connectivity index (χ1) is 18.6. The Kier molecular flexibility index (Phi) is 17.5. The molecule has 0 aromatic carbocycles. The van der Waals surface area contributed by atoms with Crippen molar-refractivity contribution in [3.63, 3.8) is 0 Å². The third kappa shape index (κ3) is 14.0. The minimum absolute atomic E-state index is 0.0812. The monoisotopic (exact) mass is 549 g/mol. The molecule has 1 heterocycles. The number of hydrogen-bond donors (Lipinski definition) is 2. The fourth-order valence-corrected chi connectivity index (χ4v) is 5.10. The molecule has 0 fully saturated rings. The van der Waals surface area contributed by atoms with Crippen LogP contribution in [-0.4, -0.2) is 61.4 Å². The van der Waals surface area contributed by atoms with Crippen molar-refractivity contribution in [2.24, 2.45) is 17.8 Å². The Hall–Kier alpha value is -2.38. The molecule has 8 heteroatoms. The van der Waals surface area contributed by atoms with Crippen molar-refractivity contribution in [2.75, 3.05) is 20.7 Å². The van der Waals surface area contributed by atoms with Gasteiger partial charge in [-0.15, -0.1) is 0 Å². The highest BCUT2D eigenvalue weighted by Gasteiger charge is 2.33. The third-order valence-electron chi connectivity index (χ3n) is 7.33. The summed E-state index contributed by atoms with van der Waals surface area (Å²) in [6.45, 7) is 8.08. The number of unbranched alkanes of at least 4 members (excludes halogenated alkanes) is 4. The average molecular weight is 550 g/mol. The molecule has 4 atom stereocenters. The van der Waals surface area contributed by atoms with Gasteiger partial charge < -0.3 is 20.3 Å². The maximum absolute atomic E-state index is 13.5. The van der Waals surface area contributed by atoms with Gasteiger partial charge in [0.2, 0.25) is 17.7 Å². The van der Waals surface area contributed by atoms with Crippen LogP contribution in [0.1, 0.15) is 111 Å². The summed E-state index contributed by atoms with van der Waals surface area (Å²) >= 11 is 0. The van der Waals surface area contributed by atoms with Gasteiger partial charge in [-0.2, -0.15) is 0 Å². The van der Waals surface area contributed by atoms with Gasteiger partial charge in [0.1, 0.15) is 12.1 Å². The molecular weight excluding hydrogens is 494 g/mol. The second-order valence-corrected chi connectivity index (χ2v) is 11.6. The number of rotatable bonds is 11. The molecule has 2 unspecified atom stereocenters. The van der Waals surface area contributed by atoms with E-state index in [1.54, 1.807) is 21.0 Å². The smallest absolute Gasteiger partial charge is 0.328 e. The highest BCUT2D eigenvalue weighted by Crippen LogP contribution is 2.21. The van der Waals surface area contributed by atoms with Crippen LogP contribution in [0.15, 0.2) is 12.2 Å². The Balaban J connectivity index is 3.23. The predicted molar refractivity (Wildman–Crippen MR) is 156 cm³/mol. The predicted octanol–water partition coefficient (Wildman–Crippen LogP) is 5.16. The molecule has 39 heavy (non-hydrogen) atoms. The SMILES string of the molecule is CCCCCCCC1CCCC/C=C\CC(C(=O)N(C)C)C[C@@H](C(=O)OCC)NC(=O)[C@H](CC(C)C)NC1=O. The highest BCUT2D eigenvalue weighted by atomic mass is 16.5. The van der Waals surface area contributed by atoms with Gasteiger partial charge in [-0.3, -0.25) is 14.4 Å². The minimum Gasteiger partial charge on any atom is -0.464 e. The Morgan fingerprint density at radius 3 is 2.36 bits per heavy atom. The lowest BCUT2D eigenvalue weighted by Gasteiger charge is -2.28. The summed E-state index contributed by atoms with van der Waals surface area (Å²) in [5.41, 5.74) is 0. The maximum atomic E-state index is 13.5. The van der Waals surface area contributed by atoms with Crippen molar-refractivity contribution in [3.8, 4) is 0 Å². The van der Waals surface area contributed by atoms with Crippen molar-refractivity contribution in [2.45, 2.75) is 123 Å². The van der Waals surface area contributed by atoms with E-state index in [4.69, 9.17) is 4.74 Å². The Morgan fingerprint density at radius 1 is 1.00 bits per heavy atom. The number of allylic oxidation sites excluding steroid dienone is 2. The van der Waals surface area contributed by atoms with Crippen LogP contribution in [0.3, 0.4) is 0 Å². The van der Waals surface area contributed by atoms with Crippen molar-refractivity contribution in [3.05, 3.63) is 12.2 Å². The zero-order chi connectivity index (χ0) is 29.2. The van der Waals surface area contributed by atoms with E-state index >= 15 is 0 Å². The number of carbonyl (C=O) groups excluding carboxylic acids is 4. The fraction of sp³-hybridized carbons (Fsp3) is 0.806. The van der Waals surface area contributed by atoms with E-state index in [9.17, 15) is 19.2 Å². The molecule has 0 aliphatic carbocycles. The van der Waals surface area contributed by atoms with Crippen LogP contribution >= 0.6 is 0 Å². The summed E-state index contributed by atoms with van der Waals surface area (Å²) in [4.78, 5) is 54.3. The average Bonchev–Trinajstić information content (AvgIpc) is 2.88. The largest absolute Gasteiger partial charge is 0.464 e. The van der Waals surface area contributed by atoms with Crippen LogP contribution in [0.25, 0.3) is 0 Å². The summed E-state index contributed by atoms with van der Waals surface area (Å²) in [5.74, 6) is -1.60. The molecule has 0 spiro atoms. The van der Waals surface area contributed by atoms with E-state index in [2.05, 4.69) is 23.6 Å². The minimum atomic E-state index is -0.978. The fourth-order valence-electron chi connectivity index (χ4n) is 5.10. The molecule has 224 valence electrons. The van der Waals surface area contributed by atoms with E-state index in [-0.39, 0.29) is 36.7 Å². The number of nitrogens with one attached hydrogen (secondary N) is 2. The number of esters is 1. The van der Waals surface area contributed by atoms with Crippen LogP contribution in [0.4, 0.5) is 0 Å². The Morgan fingerprint density at radius 2 is 1.72 bits per heavy atom. The van der Waals surface area contributed by atoms with Crippen LogP contribution < -0.4 is 10.6 Å². The van der Waals surface area contributed by atoms with Crippen LogP contribution in [-0.2, 0) is 23.9 Å². The molecule has 1 aliphatic rings. The van der Waals surface area contributed by atoms with Crippen LogP contribution in [0.2, 0.25) is 0 Å². The van der Waals surface area contributed by atoms with Gasteiger partial charge in [-0.1, -0.05) is 71.4 Å². The molecule has 0 aromatic heterocycles. The van der Waals surface area contributed by atoms with E-state index < -0.39 is 29.9 Å². The highest BCUT2D eigenvalue weighted by molar-refractivity contribution is 5.91. The van der Waals surface area contributed by atoms with E-state index in [1.165, 1.54) is 24.2 Å². The molecule has 0 saturated carbocycles. The number of carbonyl (C=O) groups is 4. The lowest BCUT2D eigenvalue weighted by Crippen LogP contribution is -2.54. The first-order valence-electron chi connectivity index (χ1n) is 15.2. The Labute approximate surface area is 237 Å². The van der Waals surface area contributed by atoms with Gasteiger partial charge in [0, 0.05) is 25.9 Å². The standard InChI is InChI=1S/C31H55N3O5/c1-7-9-10-12-15-18-24-19-16-13-11-14-17-20-25(30(37)34(5)6)22-27(31(38)39-8-2)33-29(36)26(21-23(3)4)32-28(24)35/h14,17,23-27H,7-13,15-16,18-22H2,1-6H3,(H,32,35)(H,33,36)/b17-14-/t24?,25?,26-,27-/m0/s1. The van der Waals surface area contributed by atoms with Crippen molar-refractivity contribution in [1.29, 1.82) is 0 Å². The maximum Gasteiger partial charge on any atom is 0.328 e. The number of hydrogen-bond acceptors (Lipinski definition) is 5. The van der Waals surface area contributed by atoms with Gasteiger partial charge in [0.15, 0.2) is 0 Å². The molecule has 8 nitrogen and oxygen atoms in total. The second-order valence-electron chi connectivity index (χ2n) is 11.6. The molecule has 0 radical (unpaired) electrons. The molecule has 1 aliphatic heterocycles. The summed E-state index contributed by atoms with van der Waals surface area (Å²) in [5, 5.41) is 5.87. The summed E-state index contributed by atoms with van der Waals surface area (Å²) in [6.07, 6.45) is 15.2. The first-order valence-corrected chi connectivity index (χ1v) is 15.2. The second kappa shape index (κ2) is 19.6. The topological polar surface area (TPSA) is 105 Å². The number of nitrogens with zero attached hydrogens (tertiary/aromatic N) is 1. The van der Waals surface area contributed by atoms with Crippen molar-refractivity contribution < 1.29 is 23.9 Å². The lowest BCUT2D eigenvalue weighted by atomic mass is 9.91. The number of amides is 3. The zero-order valence-electron chi connectivity index (χ0n) is 25.4. The first kappa shape index (κ1) is 34.6. The van der Waals surface area contributed by atoms with Gasteiger partial charge in [0.05, 0.1) is 6.61 Å². The van der Waals surface area contributed by atoms with E-state index in [0.717, 1.165) is 44.9 Å². The van der Waals surface area contributed by atoms with Gasteiger partial charge in [0.25, 0.3) is 0 Å². The molecule has 0 saturated heterocycles. The normalized spacial score (nSPS) is 24.5. The van der Waals surface area contributed by atoms with Gasteiger partial charge in [-0.05, 0) is 57.8 Å². The zero-order valence-corrected chi connectivity index (χ0v) is 25.4. The molecule has 0 bridgehead atoms. The molecular formula is C31H55N3O5. The summed E-state index contributed by atoms with van der Waals surface area (Å²) in [6, 6.07) is -1.73. The summed E-state index contributed by atoms with van der Waals surface area (Å²) in [7, 11) is 3.38. The van der Waals surface area contributed by atoms with Gasteiger partial charge >= 0.3 is 5.97 Å². The molecule has 0 aromatic rings. The molecule has 1 rings (SSSR count). The van der Waals surface area contributed by atoms with Crippen molar-refractivity contribution >= 4 is 23.7 Å². The quantitative estimate of drug-likeness (QED) is 0.211. The molecule has 2 N–H and O–H groups in total. The summed E-state index contributed by atoms with van der Waals surface area (Å²) < 4.78 is 5.27. The van der Waals surface area contributed by atoms with Gasteiger partial charge in [-0.25, -0.2) is 4.79 Å².